The lowest BCUT2D eigenvalue weighted by atomic mass is 10.4. The molecule has 0 aliphatic carbocycles. The molecular weight excluding hydrogens is 136 g/mol. The maximum absolute atomic E-state index is 5.89. The van der Waals surface area contributed by atoms with E-state index in [-0.39, 0.29) is 8.80 Å². The van der Waals surface area contributed by atoms with Crippen LogP contribution in [0.2, 0.25) is 19.1 Å². The first-order valence-corrected chi connectivity index (χ1v) is 6.87. The molecule has 0 N–H and O–H groups in total. The van der Waals surface area contributed by atoms with E-state index in [4.69, 9.17) is 11.6 Å². The molecule has 0 saturated carbocycles. The molecule has 1 atom stereocenters. The third-order valence-electron chi connectivity index (χ3n) is 1.17. The standard InChI is InChI=1S/C6H15ClSi/c1-4-6(7)5-8(2)3/h6,8H,4-5H2,1-3H3. The topological polar surface area (TPSA) is 0 Å². The Morgan fingerprint density at radius 1 is 1.50 bits per heavy atom. The van der Waals surface area contributed by atoms with E-state index in [1.165, 1.54) is 6.04 Å². The molecule has 0 nitrogen and oxygen atoms in total. The number of halogens is 1. The van der Waals surface area contributed by atoms with Gasteiger partial charge >= 0.3 is 0 Å². The van der Waals surface area contributed by atoms with Crippen molar-refractivity contribution in [1.82, 2.24) is 0 Å². The van der Waals surface area contributed by atoms with Gasteiger partial charge in [0, 0.05) is 14.2 Å². The van der Waals surface area contributed by atoms with E-state index in [2.05, 4.69) is 20.0 Å². The molecule has 0 radical (unpaired) electrons. The van der Waals surface area contributed by atoms with Crippen molar-refractivity contribution < 1.29 is 0 Å². The Morgan fingerprint density at radius 2 is 2.00 bits per heavy atom. The summed E-state index contributed by atoms with van der Waals surface area (Å²) in [5.41, 5.74) is 0. The van der Waals surface area contributed by atoms with Crippen LogP contribution < -0.4 is 0 Å². The van der Waals surface area contributed by atoms with Gasteiger partial charge in [0.05, 0.1) is 0 Å². The van der Waals surface area contributed by atoms with Crippen molar-refractivity contribution in [3.05, 3.63) is 0 Å². The Kier molecular flexibility index (Phi) is 4.67. The molecule has 0 aromatic heterocycles. The summed E-state index contributed by atoms with van der Waals surface area (Å²) in [4.78, 5) is 0. The highest BCUT2D eigenvalue weighted by atomic mass is 35.5. The molecule has 0 amide bonds. The fraction of sp³-hybridized carbons (Fsp3) is 1.00. The van der Waals surface area contributed by atoms with E-state index in [1.54, 1.807) is 0 Å². The van der Waals surface area contributed by atoms with Gasteiger partial charge in [-0.15, -0.1) is 11.6 Å². The van der Waals surface area contributed by atoms with Crippen LogP contribution in [0.15, 0.2) is 0 Å². The van der Waals surface area contributed by atoms with Gasteiger partial charge in [-0.2, -0.15) is 0 Å². The van der Waals surface area contributed by atoms with Crippen molar-refractivity contribution in [3.8, 4) is 0 Å². The molecule has 0 aromatic carbocycles. The summed E-state index contributed by atoms with van der Waals surface area (Å²) in [7, 11) is -0.378. The zero-order valence-corrected chi connectivity index (χ0v) is 7.86. The van der Waals surface area contributed by atoms with Gasteiger partial charge in [-0.05, 0) is 12.5 Å². The Hall–Kier alpha value is 0.507. The van der Waals surface area contributed by atoms with Crippen LogP contribution in [-0.4, -0.2) is 14.2 Å². The van der Waals surface area contributed by atoms with Gasteiger partial charge in [0.15, 0.2) is 0 Å². The average molecular weight is 151 g/mol. The molecule has 8 heavy (non-hydrogen) atoms. The molecule has 0 rings (SSSR count). The smallest absolute Gasteiger partial charge is 0.0320 e. The molecule has 0 bridgehead atoms. The first-order chi connectivity index (χ1) is 3.66. The second-order valence-electron chi connectivity index (χ2n) is 2.64. The molecule has 0 aliphatic heterocycles. The Morgan fingerprint density at radius 3 is 2.12 bits per heavy atom. The molecule has 0 heterocycles. The highest BCUT2D eigenvalue weighted by molar-refractivity contribution is 6.57. The monoisotopic (exact) mass is 150 g/mol. The van der Waals surface area contributed by atoms with Crippen molar-refractivity contribution in [1.29, 1.82) is 0 Å². The summed E-state index contributed by atoms with van der Waals surface area (Å²) in [5, 5.41) is 0.460. The van der Waals surface area contributed by atoms with E-state index < -0.39 is 0 Å². The van der Waals surface area contributed by atoms with Gasteiger partial charge in [0.1, 0.15) is 0 Å². The third kappa shape index (κ3) is 4.66. The van der Waals surface area contributed by atoms with E-state index in [9.17, 15) is 0 Å². The lowest BCUT2D eigenvalue weighted by Crippen LogP contribution is -2.07. The molecular formula is C6H15ClSi. The van der Waals surface area contributed by atoms with E-state index in [0.717, 1.165) is 6.42 Å². The summed E-state index contributed by atoms with van der Waals surface area (Å²) in [6, 6.07) is 1.29. The largest absolute Gasteiger partial charge is 0.123 e. The third-order valence-corrected chi connectivity index (χ3v) is 3.47. The maximum Gasteiger partial charge on any atom is 0.0320 e. The molecule has 2 heteroatoms. The fourth-order valence-electron chi connectivity index (χ4n) is 0.678. The first kappa shape index (κ1) is 8.51. The van der Waals surface area contributed by atoms with Gasteiger partial charge in [0.25, 0.3) is 0 Å². The number of hydrogen-bond donors (Lipinski definition) is 0. The first-order valence-electron chi connectivity index (χ1n) is 3.30. The molecule has 0 aromatic rings. The lowest BCUT2D eigenvalue weighted by Gasteiger charge is -2.06. The predicted octanol–water partition coefficient (Wildman–Crippen LogP) is 2.49. The summed E-state index contributed by atoms with van der Waals surface area (Å²) in [6.07, 6.45) is 1.13. The van der Waals surface area contributed by atoms with Gasteiger partial charge < -0.3 is 0 Å². The SMILES string of the molecule is CCC(Cl)C[SiH](C)C. The number of alkyl halides is 1. The number of rotatable bonds is 3. The average Bonchev–Trinajstić information content (AvgIpc) is 1.65. The minimum absolute atomic E-state index is 0.378. The second kappa shape index (κ2) is 4.39. The van der Waals surface area contributed by atoms with Crippen molar-refractivity contribution in [2.75, 3.05) is 0 Å². The molecule has 0 spiro atoms. The van der Waals surface area contributed by atoms with Gasteiger partial charge in [0.2, 0.25) is 0 Å². The van der Waals surface area contributed by atoms with Crippen molar-refractivity contribution in [2.45, 2.75) is 37.9 Å². The van der Waals surface area contributed by atoms with Crippen LogP contribution in [0.25, 0.3) is 0 Å². The minimum Gasteiger partial charge on any atom is -0.123 e. The van der Waals surface area contributed by atoms with Gasteiger partial charge in [-0.25, -0.2) is 0 Å². The quantitative estimate of drug-likeness (QED) is 0.429. The summed E-state index contributed by atoms with van der Waals surface area (Å²) in [5.74, 6) is 0. The summed E-state index contributed by atoms with van der Waals surface area (Å²) >= 11 is 5.89. The lowest BCUT2D eigenvalue weighted by molar-refractivity contribution is 0.885. The highest BCUT2D eigenvalue weighted by Gasteiger charge is 2.03. The van der Waals surface area contributed by atoms with Crippen LogP contribution in [0.5, 0.6) is 0 Å². The van der Waals surface area contributed by atoms with E-state index >= 15 is 0 Å². The molecule has 0 aliphatic rings. The van der Waals surface area contributed by atoms with Crippen LogP contribution in [0.3, 0.4) is 0 Å². The van der Waals surface area contributed by atoms with Crippen LogP contribution in [0.1, 0.15) is 13.3 Å². The van der Waals surface area contributed by atoms with E-state index in [1.807, 2.05) is 0 Å². The van der Waals surface area contributed by atoms with Crippen LogP contribution in [0, 0.1) is 0 Å². The maximum atomic E-state index is 5.89. The molecule has 0 fully saturated rings. The summed E-state index contributed by atoms with van der Waals surface area (Å²) in [6.45, 7) is 6.82. The predicted molar refractivity (Wildman–Crippen MR) is 43.6 cm³/mol. The van der Waals surface area contributed by atoms with Crippen molar-refractivity contribution in [3.63, 3.8) is 0 Å². The fourth-order valence-corrected chi connectivity index (χ4v) is 3.10. The highest BCUT2D eigenvalue weighted by Crippen LogP contribution is 2.09. The normalized spacial score (nSPS) is 14.6. The number of hydrogen-bond acceptors (Lipinski definition) is 0. The second-order valence-corrected chi connectivity index (χ2v) is 6.51. The Labute approximate surface area is 58.8 Å². The van der Waals surface area contributed by atoms with Gasteiger partial charge in [-0.1, -0.05) is 20.0 Å². The van der Waals surface area contributed by atoms with Crippen LogP contribution in [-0.2, 0) is 0 Å². The van der Waals surface area contributed by atoms with Crippen molar-refractivity contribution >= 4 is 20.4 Å². The Bertz CT molecular complexity index is 54.5. The minimum atomic E-state index is -0.378. The molecule has 0 saturated heterocycles. The van der Waals surface area contributed by atoms with Crippen LogP contribution in [0.4, 0.5) is 0 Å². The molecule has 1 unspecified atom stereocenters. The molecule has 50 valence electrons. The Balaban J connectivity index is 3.10. The van der Waals surface area contributed by atoms with E-state index in [0.29, 0.717) is 5.38 Å². The zero-order chi connectivity index (χ0) is 6.57. The van der Waals surface area contributed by atoms with Gasteiger partial charge in [-0.3, -0.25) is 0 Å². The van der Waals surface area contributed by atoms with Crippen LogP contribution >= 0.6 is 11.6 Å². The summed E-state index contributed by atoms with van der Waals surface area (Å²) < 4.78 is 0. The zero-order valence-electron chi connectivity index (χ0n) is 5.95. The van der Waals surface area contributed by atoms with Crippen molar-refractivity contribution in [2.24, 2.45) is 0 Å².